The Morgan fingerprint density at radius 1 is 1.11 bits per heavy atom. The van der Waals surface area contributed by atoms with Crippen molar-refractivity contribution < 1.29 is 13.2 Å². The van der Waals surface area contributed by atoms with E-state index in [1.54, 1.807) is 10.6 Å². The first-order chi connectivity index (χ1) is 17.5. The molecule has 0 amide bonds. The van der Waals surface area contributed by atoms with Gasteiger partial charge in [0.05, 0.1) is 37.5 Å². The zero-order chi connectivity index (χ0) is 25.0. The van der Waals surface area contributed by atoms with E-state index >= 15 is 0 Å². The Morgan fingerprint density at radius 2 is 1.92 bits per heavy atom. The fourth-order valence-electron chi connectivity index (χ4n) is 5.02. The van der Waals surface area contributed by atoms with E-state index in [1.807, 2.05) is 42.6 Å². The van der Waals surface area contributed by atoms with Gasteiger partial charge in [-0.25, -0.2) is 13.4 Å². The summed E-state index contributed by atoms with van der Waals surface area (Å²) < 4.78 is 34.9. The molecule has 1 saturated heterocycles. The summed E-state index contributed by atoms with van der Waals surface area (Å²) in [4.78, 5) is 11.8. The maximum atomic E-state index is 13.9. The maximum Gasteiger partial charge on any atom is 0.215 e. The summed E-state index contributed by atoms with van der Waals surface area (Å²) in [5, 5.41) is 0.599. The van der Waals surface area contributed by atoms with E-state index < -0.39 is 10.0 Å². The van der Waals surface area contributed by atoms with Crippen LogP contribution in [0.2, 0.25) is 5.02 Å². The van der Waals surface area contributed by atoms with Crippen LogP contribution in [0.15, 0.2) is 61.1 Å². The minimum Gasteiger partial charge on any atom is -0.379 e. The molecule has 0 radical (unpaired) electrons. The number of hydrogen-bond acceptors (Lipinski definition) is 6. The summed E-state index contributed by atoms with van der Waals surface area (Å²) >= 11 is 6.39. The van der Waals surface area contributed by atoms with E-state index in [1.165, 1.54) is 0 Å². The number of nitrogens with zero attached hydrogens (tertiary/aromatic N) is 4. The normalized spacial score (nSPS) is 19.7. The molecule has 1 atom stereocenters. The van der Waals surface area contributed by atoms with Crippen LogP contribution >= 0.6 is 11.6 Å². The zero-order valence-corrected chi connectivity index (χ0v) is 21.8. The summed E-state index contributed by atoms with van der Waals surface area (Å²) in [6, 6.07) is 15.6. The van der Waals surface area contributed by atoms with E-state index in [0.29, 0.717) is 44.3 Å². The summed E-state index contributed by atoms with van der Waals surface area (Å²) in [5.74, 6) is 0.0781. The van der Waals surface area contributed by atoms with Crippen molar-refractivity contribution in [3.63, 3.8) is 0 Å². The first-order valence-electron chi connectivity index (χ1n) is 12.3. The molecular weight excluding hydrogens is 498 g/mol. The number of hydrogen-bond donors (Lipinski definition) is 1. The van der Waals surface area contributed by atoms with Gasteiger partial charge in [-0.3, -0.25) is 4.90 Å². The topological polar surface area (TPSA) is 81.8 Å². The number of rotatable bonds is 8. The van der Waals surface area contributed by atoms with Gasteiger partial charge in [0, 0.05) is 55.7 Å². The van der Waals surface area contributed by atoms with Gasteiger partial charge < -0.3 is 14.6 Å². The Labute approximate surface area is 217 Å². The average Bonchev–Trinajstić information content (AvgIpc) is 3.34. The Bertz CT molecular complexity index is 1230. The predicted octanol–water partition coefficient (Wildman–Crippen LogP) is 3.16. The molecular formula is C26H32ClN5O3S. The summed E-state index contributed by atoms with van der Waals surface area (Å²) in [6.07, 6.45) is 4.10. The quantitative estimate of drug-likeness (QED) is 0.483. The molecule has 3 aromatic rings. The number of morpholine rings is 1. The fourth-order valence-corrected chi connectivity index (χ4v) is 6.87. The largest absolute Gasteiger partial charge is 0.379 e. The average molecular weight is 530 g/mol. The van der Waals surface area contributed by atoms with Crippen molar-refractivity contribution in [1.29, 1.82) is 0 Å². The monoisotopic (exact) mass is 529 g/mol. The Morgan fingerprint density at radius 3 is 2.67 bits per heavy atom. The van der Waals surface area contributed by atoms with Crippen LogP contribution < -0.4 is 4.90 Å². The molecule has 1 aromatic heterocycles. The fraction of sp³-hybridized carbons (Fsp3) is 0.423. The lowest BCUT2D eigenvalue weighted by Gasteiger charge is -2.33. The maximum absolute atomic E-state index is 13.9. The zero-order valence-electron chi connectivity index (χ0n) is 20.2. The third-order valence-electron chi connectivity index (χ3n) is 6.90. The van der Waals surface area contributed by atoms with Crippen LogP contribution in [-0.2, 0) is 34.3 Å². The van der Waals surface area contributed by atoms with Gasteiger partial charge in [-0.1, -0.05) is 41.9 Å². The van der Waals surface area contributed by atoms with Gasteiger partial charge in [0.1, 0.15) is 0 Å². The van der Waals surface area contributed by atoms with Crippen molar-refractivity contribution >= 4 is 27.3 Å². The second kappa shape index (κ2) is 11.3. The van der Waals surface area contributed by atoms with E-state index in [-0.39, 0.29) is 18.3 Å². The Balaban J connectivity index is 1.48. The molecule has 1 N–H and O–H groups in total. The van der Waals surface area contributed by atoms with Crippen LogP contribution in [0.1, 0.15) is 16.8 Å². The number of aromatic nitrogens is 2. The van der Waals surface area contributed by atoms with E-state index in [2.05, 4.69) is 31.9 Å². The van der Waals surface area contributed by atoms with Crippen molar-refractivity contribution in [2.75, 3.05) is 50.0 Å². The molecule has 0 unspecified atom stereocenters. The molecule has 8 nitrogen and oxygen atoms in total. The number of H-pyrrole nitrogens is 1. The van der Waals surface area contributed by atoms with E-state index in [9.17, 15) is 8.42 Å². The summed E-state index contributed by atoms with van der Waals surface area (Å²) in [5.41, 5.74) is 3.99. The lowest BCUT2D eigenvalue weighted by Crippen LogP contribution is -2.48. The molecule has 0 aliphatic carbocycles. The van der Waals surface area contributed by atoms with Gasteiger partial charge in [-0.15, -0.1) is 0 Å². The number of benzene rings is 2. The number of fused-ring (bicyclic) bond motifs is 1. The van der Waals surface area contributed by atoms with Crippen molar-refractivity contribution in [1.82, 2.24) is 19.2 Å². The minimum atomic E-state index is -3.56. The highest BCUT2D eigenvalue weighted by Crippen LogP contribution is 2.33. The molecule has 0 spiro atoms. The van der Waals surface area contributed by atoms with Crippen molar-refractivity contribution in [2.24, 2.45) is 0 Å². The highest BCUT2D eigenvalue weighted by Gasteiger charge is 2.36. The molecule has 10 heteroatoms. The first kappa shape index (κ1) is 25.2. The van der Waals surface area contributed by atoms with Crippen LogP contribution in [0.25, 0.3) is 0 Å². The van der Waals surface area contributed by atoms with Crippen LogP contribution in [-0.4, -0.2) is 78.8 Å². The smallest absolute Gasteiger partial charge is 0.215 e. The molecule has 36 heavy (non-hydrogen) atoms. The molecule has 192 valence electrons. The van der Waals surface area contributed by atoms with Gasteiger partial charge in [0.15, 0.2) is 0 Å². The standard InChI is InChI=1S/C26H32ClN5O3S/c27-23-6-7-26-22(15-23)17-32(36(33,34)13-10-30-8-11-35-12-9-30)25(14-21-4-2-1-3-5-21)19-31(26)18-24-16-28-20-29-24/h1-7,15-16,20,25H,8-14,17-19H2,(H,28,29)/t25-/m1/s1. The van der Waals surface area contributed by atoms with Crippen LogP contribution in [0.5, 0.6) is 0 Å². The van der Waals surface area contributed by atoms with Crippen LogP contribution in [0.4, 0.5) is 5.69 Å². The number of halogens is 1. The van der Waals surface area contributed by atoms with Crippen molar-refractivity contribution in [2.45, 2.75) is 25.6 Å². The number of imidazole rings is 1. The van der Waals surface area contributed by atoms with Crippen molar-refractivity contribution in [3.05, 3.63) is 82.9 Å². The van der Waals surface area contributed by atoms with E-state index in [0.717, 1.165) is 35.6 Å². The van der Waals surface area contributed by atoms with Gasteiger partial charge >= 0.3 is 0 Å². The summed E-state index contributed by atoms with van der Waals surface area (Å²) in [6.45, 7) is 4.77. The molecule has 2 aromatic carbocycles. The number of anilines is 1. The highest BCUT2D eigenvalue weighted by molar-refractivity contribution is 7.89. The van der Waals surface area contributed by atoms with Crippen LogP contribution in [0.3, 0.4) is 0 Å². The van der Waals surface area contributed by atoms with Gasteiger partial charge in [0.2, 0.25) is 10.0 Å². The van der Waals surface area contributed by atoms with E-state index in [4.69, 9.17) is 16.3 Å². The Kier molecular flexibility index (Phi) is 7.93. The first-order valence-corrected chi connectivity index (χ1v) is 14.3. The molecule has 0 saturated carbocycles. The Hall–Kier alpha value is -2.43. The summed E-state index contributed by atoms with van der Waals surface area (Å²) in [7, 11) is -3.56. The second-order valence-electron chi connectivity index (χ2n) is 9.39. The third kappa shape index (κ3) is 6.10. The molecule has 1 fully saturated rings. The van der Waals surface area contributed by atoms with Crippen molar-refractivity contribution in [3.8, 4) is 0 Å². The number of nitrogens with one attached hydrogen (secondary N) is 1. The minimum absolute atomic E-state index is 0.0781. The lowest BCUT2D eigenvalue weighted by molar-refractivity contribution is 0.0406. The second-order valence-corrected chi connectivity index (χ2v) is 11.9. The highest BCUT2D eigenvalue weighted by atomic mass is 35.5. The van der Waals surface area contributed by atoms with Crippen LogP contribution in [0, 0.1) is 0 Å². The molecule has 2 aliphatic heterocycles. The molecule has 0 bridgehead atoms. The van der Waals surface area contributed by atoms with Gasteiger partial charge in [-0.2, -0.15) is 4.31 Å². The molecule has 5 rings (SSSR count). The SMILES string of the molecule is O=S(=O)(CCN1CCOCC1)N1Cc2cc(Cl)ccc2N(Cc2cnc[nH]2)C[C@H]1Cc1ccccc1. The third-order valence-corrected chi connectivity index (χ3v) is 8.98. The number of sulfonamides is 1. The lowest BCUT2D eigenvalue weighted by atomic mass is 10.1. The van der Waals surface area contributed by atoms with Gasteiger partial charge in [0.25, 0.3) is 0 Å². The predicted molar refractivity (Wildman–Crippen MR) is 142 cm³/mol. The van der Waals surface area contributed by atoms with Gasteiger partial charge in [-0.05, 0) is 35.7 Å². The molecule has 3 heterocycles. The number of ether oxygens (including phenoxy) is 1. The number of aromatic amines is 1. The molecule has 2 aliphatic rings.